The molecule has 4 nitrogen and oxygen atoms in total. The summed E-state index contributed by atoms with van der Waals surface area (Å²) in [5, 5.41) is 3.30. The minimum absolute atomic E-state index is 0.409. The van der Waals surface area contributed by atoms with Crippen LogP contribution in [0, 0.1) is 0 Å². The van der Waals surface area contributed by atoms with E-state index in [4.69, 9.17) is 10.5 Å². The van der Waals surface area contributed by atoms with E-state index in [2.05, 4.69) is 41.5 Å². The van der Waals surface area contributed by atoms with Crippen LogP contribution in [0.15, 0.2) is 42.5 Å². The van der Waals surface area contributed by atoms with Crippen molar-refractivity contribution in [1.82, 2.24) is 4.98 Å². The molecule has 100 valence electrons. The molecule has 1 aromatic carbocycles. The van der Waals surface area contributed by atoms with Gasteiger partial charge in [-0.25, -0.2) is 0 Å². The number of benzene rings is 1. The second-order valence-electron chi connectivity index (χ2n) is 4.49. The summed E-state index contributed by atoms with van der Waals surface area (Å²) in [4.78, 5) is 4.30. The third-order valence-corrected chi connectivity index (χ3v) is 3.04. The fourth-order valence-electron chi connectivity index (χ4n) is 1.87. The molecule has 1 atom stereocenters. The van der Waals surface area contributed by atoms with Crippen LogP contribution >= 0.6 is 0 Å². The van der Waals surface area contributed by atoms with E-state index in [0.717, 1.165) is 12.4 Å². The maximum absolute atomic E-state index is 5.73. The molecule has 0 aliphatic heterocycles. The maximum Gasteiger partial charge on any atom is 0.238 e. The second-order valence-corrected chi connectivity index (χ2v) is 4.49. The highest BCUT2D eigenvalue weighted by atomic mass is 16.5. The van der Waals surface area contributed by atoms with Crippen LogP contribution in [0.25, 0.3) is 0 Å². The number of nitrogens with one attached hydrogen (secondary N) is 1. The Labute approximate surface area is 113 Å². The van der Waals surface area contributed by atoms with E-state index >= 15 is 0 Å². The molecule has 1 unspecified atom stereocenters. The van der Waals surface area contributed by atoms with Crippen LogP contribution in [0.2, 0.25) is 0 Å². The summed E-state index contributed by atoms with van der Waals surface area (Å²) in [6.07, 6.45) is 0. The minimum atomic E-state index is 0.409. The Morgan fingerprint density at radius 1 is 1.21 bits per heavy atom. The van der Waals surface area contributed by atoms with Gasteiger partial charge in [-0.15, -0.1) is 0 Å². The standard InChI is InChI=1S/C15H19N3O/c1-11(12-6-4-3-5-7-12)10-17-14-9-8-13(16)15(18-14)19-2/h3-9,11H,10,16H2,1-2H3,(H,17,18). The molecular formula is C15H19N3O. The topological polar surface area (TPSA) is 60.2 Å². The van der Waals surface area contributed by atoms with Gasteiger partial charge in [-0.1, -0.05) is 37.3 Å². The third-order valence-electron chi connectivity index (χ3n) is 3.04. The Bertz CT molecular complexity index is 528. The number of pyridine rings is 1. The first-order chi connectivity index (χ1) is 9.20. The molecule has 4 heteroatoms. The summed E-state index contributed by atoms with van der Waals surface area (Å²) in [6, 6.07) is 14.0. The SMILES string of the molecule is COc1nc(NCC(C)c2ccccc2)ccc1N. The Kier molecular flexibility index (Phi) is 4.23. The highest BCUT2D eigenvalue weighted by Crippen LogP contribution is 2.21. The number of anilines is 2. The lowest BCUT2D eigenvalue weighted by molar-refractivity contribution is 0.401. The summed E-state index contributed by atoms with van der Waals surface area (Å²) >= 11 is 0. The molecule has 0 radical (unpaired) electrons. The molecule has 0 aliphatic carbocycles. The van der Waals surface area contributed by atoms with E-state index in [1.54, 1.807) is 13.2 Å². The summed E-state index contributed by atoms with van der Waals surface area (Å²) in [5.41, 5.74) is 7.58. The zero-order valence-electron chi connectivity index (χ0n) is 11.3. The van der Waals surface area contributed by atoms with Crippen LogP contribution < -0.4 is 15.8 Å². The van der Waals surface area contributed by atoms with Crippen molar-refractivity contribution >= 4 is 11.5 Å². The summed E-state index contributed by atoms with van der Waals surface area (Å²) in [5.74, 6) is 1.64. The number of nitrogens with two attached hydrogens (primary N) is 1. The molecular weight excluding hydrogens is 238 g/mol. The number of methoxy groups -OCH3 is 1. The lowest BCUT2D eigenvalue weighted by Gasteiger charge is -2.14. The third kappa shape index (κ3) is 3.37. The van der Waals surface area contributed by atoms with Gasteiger partial charge in [0.15, 0.2) is 0 Å². The van der Waals surface area contributed by atoms with Gasteiger partial charge in [-0.2, -0.15) is 4.98 Å². The number of aromatic nitrogens is 1. The molecule has 0 spiro atoms. The van der Waals surface area contributed by atoms with E-state index in [1.807, 2.05) is 12.1 Å². The molecule has 19 heavy (non-hydrogen) atoms. The van der Waals surface area contributed by atoms with Gasteiger partial charge in [0.1, 0.15) is 5.82 Å². The van der Waals surface area contributed by atoms with E-state index in [0.29, 0.717) is 17.5 Å². The molecule has 1 aromatic heterocycles. The van der Waals surface area contributed by atoms with Gasteiger partial charge in [0.25, 0.3) is 0 Å². The molecule has 1 heterocycles. The molecule has 3 N–H and O–H groups in total. The normalized spacial score (nSPS) is 11.9. The van der Waals surface area contributed by atoms with Crippen LogP contribution in [0.3, 0.4) is 0 Å². The first-order valence-electron chi connectivity index (χ1n) is 6.30. The van der Waals surface area contributed by atoms with Crippen molar-refractivity contribution in [2.24, 2.45) is 0 Å². The van der Waals surface area contributed by atoms with Gasteiger partial charge in [0.2, 0.25) is 5.88 Å². The number of nitrogen functional groups attached to an aromatic ring is 1. The number of hydrogen-bond donors (Lipinski definition) is 2. The van der Waals surface area contributed by atoms with Gasteiger partial charge in [0.05, 0.1) is 12.8 Å². The van der Waals surface area contributed by atoms with Crippen molar-refractivity contribution in [2.45, 2.75) is 12.8 Å². The molecule has 2 aromatic rings. The molecule has 0 saturated carbocycles. The van der Waals surface area contributed by atoms with Gasteiger partial charge < -0.3 is 15.8 Å². The van der Waals surface area contributed by atoms with E-state index in [-0.39, 0.29) is 0 Å². The lowest BCUT2D eigenvalue weighted by Crippen LogP contribution is -2.11. The van der Waals surface area contributed by atoms with Crippen LogP contribution in [0.1, 0.15) is 18.4 Å². The summed E-state index contributed by atoms with van der Waals surface area (Å²) in [6.45, 7) is 2.99. The number of ether oxygens (including phenoxy) is 1. The quantitative estimate of drug-likeness (QED) is 0.864. The molecule has 0 saturated heterocycles. The average Bonchev–Trinajstić information content (AvgIpc) is 2.47. The van der Waals surface area contributed by atoms with E-state index in [9.17, 15) is 0 Å². The van der Waals surface area contributed by atoms with Gasteiger partial charge in [-0.3, -0.25) is 0 Å². The largest absolute Gasteiger partial charge is 0.479 e. The minimum Gasteiger partial charge on any atom is -0.479 e. The highest BCUT2D eigenvalue weighted by Gasteiger charge is 2.06. The first kappa shape index (κ1) is 13.2. The van der Waals surface area contributed by atoms with Crippen molar-refractivity contribution in [3.05, 3.63) is 48.0 Å². The predicted octanol–water partition coefficient (Wildman–Crippen LogP) is 2.89. The van der Waals surface area contributed by atoms with Crippen LogP contribution in [-0.4, -0.2) is 18.6 Å². The average molecular weight is 257 g/mol. The highest BCUT2D eigenvalue weighted by molar-refractivity contribution is 5.53. The first-order valence-corrected chi connectivity index (χ1v) is 6.30. The fourth-order valence-corrected chi connectivity index (χ4v) is 1.87. The van der Waals surface area contributed by atoms with Crippen molar-refractivity contribution in [3.8, 4) is 5.88 Å². The van der Waals surface area contributed by atoms with Crippen LogP contribution in [-0.2, 0) is 0 Å². The fraction of sp³-hybridized carbons (Fsp3) is 0.267. The Hall–Kier alpha value is -2.23. The Morgan fingerprint density at radius 3 is 2.63 bits per heavy atom. The number of nitrogens with zero attached hydrogens (tertiary/aromatic N) is 1. The zero-order chi connectivity index (χ0) is 13.7. The van der Waals surface area contributed by atoms with Crippen LogP contribution in [0.4, 0.5) is 11.5 Å². The van der Waals surface area contributed by atoms with Crippen molar-refractivity contribution in [2.75, 3.05) is 24.7 Å². The number of hydrogen-bond acceptors (Lipinski definition) is 4. The number of rotatable bonds is 5. The maximum atomic E-state index is 5.73. The molecule has 0 amide bonds. The second kappa shape index (κ2) is 6.09. The summed E-state index contributed by atoms with van der Waals surface area (Å²) in [7, 11) is 1.56. The van der Waals surface area contributed by atoms with E-state index < -0.39 is 0 Å². The smallest absolute Gasteiger partial charge is 0.238 e. The molecule has 2 rings (SSSR count). The van der Waals surface area contributed by atoms with Crippen molar-refractivity contribution < 1.29 is 4.74 Å². The monoisotopic (exact) mass is 257 g/mol. The van der Waals surface area contributed by atoms with E-state index in [1.165, 1.54) is 5.56 Å². The molecule has 0 aliphatic rings. The summed E-state index contributed by atoms with van der Waals surface area (Å²) < 4.78 is 5.10. The van der Waals surface area contributed by atoms with Crippen LogP contribution in [0.5, 0.6) is 5.88 Å². The molecule has 0 fully saturated rings. The predicted molar refractivity (Wildman–Crippen MR) is 78.5 cm³/mol. The molecule has 0 bridgehead atoms. The van der Waals surface area contributed by atoms with Gasteiger partial charge >= 0.3 is 0 Å². The lowest BCUT2D eigenvalue weighted by atomic mass is 10.0. The van der Waals surface area contributed by atoms with Crippen molar-refractivity contribution in [3.63, 3.8) is 0 Å². The van der Waals surface area contributed by atoms with Crippen molar-refractivity contribution in [1.29, 1.82) is 0 Å². The Morgan fingerprint density at radius 2 is 1.95 bits per heavy atom. The van der Waals surface area contributed by atoms with Gasteiger partial charge in [0, 0.05) is 6.54 Å². The zero-order valence-corrected chi connectivity index (χ0v) is 11.3. The van der Waals surface area contributed by atoms with Gasteiger partial charge in [-0.05, 0) is 23.6 Å². The Balaban J connectivity index is 1.99.